The van der Waals surface area contributed by atoms with Gasteiger partial charge in [0.25, 0.3) is 11.8 Å². The summed E-state index contributed by atoms with van der Waals surface area (Å²) in [5.41, 5.74) is -1.41. The number of esters is 1. The van der Waals surface area contributed by atoms with Crippen molar-refractivity contribution in [3.63, 3.8) is 0 Å². The number of rotatable bonds is 6. The number of halogens is 2. The van der Waals surface area contributed by atoms with Crippen molar-refractivity contribution in [1.29, 1.82) is 0 Å². The van der Waals surface area contributed by atoms with Crippen molar-refractivity contribution < 1.29 is 32.7 Å². The number of nitrogens with zero attached hydrogens (tertiary/aromatic N) is 1. The second-order valence-electron chi connectivity index (χ2n) is 5.08. The number of carbonyl (C=O) groups excluding carboxylic acids is 4. The summed E-state index contributed by atoms with van der Waals surface area (Å²) in [5.74, 6) is -7.37. The maximum absolute atomic E-state index is 13.8. The summed E-state index contributed by atoms with van der Waals surface area (Å²) in [5, 5.41) is 0. The van der Waals surface area contributed by atoms with Crippen LogP contribution in [0.2, 0.25) is 0 Å². The second-order valence-corrected chi connectivity index (χ2v) is 5.08. The molecule has 1 aliphatic heterocycles. The highest BCUT2D eigenvalue weighted by Crippen LogP contribution is 2.28. The molecule has 1 aromatic carbocycles. The summed E-state index contributed by atoms with van der Waals surface area (Å²) >= 11 is 0. The Hall–Kier alpha value is -2.90. The summed E-state index contributed by atoms with van der Waals surface area (Å²) in [7, 11) is 0. The molecule has 0 aliphatic carbocycles. The zero-order valence-electron chi connectivity index (χ0n) is 12.7. The van der Waals surface area contributed by atoms with E-state index in [1.165, 1.54) is 6.08 Å². The van der Waals surface area contributed by atoms with Crippen molar-refractivity contribution in [3.05, 3.63) is 47.5 Å². The fraction of sp³-hybridized carbons (Fsp3) is 0.250. The molecule has 1 unspecified atom stereocenters. The lowest BCUT2D eigenvalue weighted by atomic mass is 10.1. The zero-order valence-corrected chi connectivity index (χ0v) is 12.7. The lowest BCUT2D eigenvalue weighted by molar-refractivity contribution is -0.150. The molecule has 1 aromatic rings. The van der Waals surface area contributed by atoms with Gasteiger partial charge in [-0.1, -0.05) is 12.7 Å². The van der Waals surface area contributed by atoms with E-state index in [0.29, 0.717) is 4.90 Å². The van der Waals surface area contributed by atoms with Gasteiger partial charge in [0.1, 0.15) is 29.9 Å². The highest BCUT2D eigenvalue weighted by molar-refractivity contribution is 6.22. The van der Waals surface area contributed by atoms with Gasteiger partial charge in [0.15, 0.2) is 0 Å². The van der Waals surface area contributed by atoms with E-state index in [1.807, 2.05) is 0 Å². The summed E-state index contributed by atoms with van der Waals surface area (Å²) in [4.78, 5) is 48.4. The highest BCUT2D eigenvalue weighted by atomic mass is 19.1. The van der Waals surface area contributed by atoms with Crippen LogP contribution in [0.4, 0.5) is 8.78 Å². The van der Waals surface area contributed by atoms with Gasteiger partial charge in [0, 0.05) is 6.54 Å². The Morgan fingerprint density at radius 2 is 1.71 bits per heavy atom. The third-order valence-corrected chi connectivity index (χ3v) is 3.51. The summed E-state index contributed by atoms with van der Waals surface area (Å²) in [6, 6.07) is 1.45. The standard InChI is InChI=1S/C16H13F2NO5/c1-3-6-24-16(23)9(8(2)20)7-19-14(21)12-10(17)4-5-11(18)13(12)15(19)22/h3-5,9H,1,6-7H2,2H3. The lowest BCUT2D eigenvalue weighted by Gasteiger charge is -2.19. The minimum absolute atomic E-state index is 0.159. The maximum atomic E-state index is 13.8. The van der Waals surface area contributed by atoms with Gasteiger partial charge in [-0.15, -0.1) is 0 Å². The predicted octanol–water partition coefficient (Wildman–Crippen LogP) is 1.50. The van der Waals surface area contributed by atoms with Gasteiger partial charge >= 0.3 is 5.97 Å². The molecule has 0 radical (unpaired) electrons. The van der Waals surface area contributed by atoms with E-state index in [9.17, 15) is 28.0 Å². The van der Waals surface area contributed by atoms with Crippen molar-refractivity contribution in [2.75, 3.05) is 13.2 Å². The third kappa shape index (κ3) is 2.94. The molecule has 6 nitrogen and oxygen atoms in total. The SMILES string of the molecule is C=CCOC(=O)C(CN1C(=O)c2c(F)ccc(F)c2C1=O)C(C)=O. The third-order valence-electron chi connectivity index (χ3n) is 3.51. The Morgan fingerprint density at radius 3 is 2.12 bits per heavy atom. The molecule has 1 heterocycles. The molecule has 2 rings (SSSR count). The van der Waals surface area contributed by atoms with Crippen LogP contribution in [0.5, 0.6) is 0 Å². The van der Waals surface area contributed by atoms with Gasteiger partial charge in [-0.3, -0.25) is 24.1 Å². The van der Waals surface area contributed by atoms with Crippen LogP contribution >= 0.6 is 0 Å². The van der Waals surface area contributed by atoms with Crippen LogP contribution in [0.15, 0.2) is 24.8 Å². The molecular formula is C16H13F2NO5. The summed E-state index contributed by atoms with van der Waals surface area (Å²) in [6.45, 7) is 3.61. The molecule has 0 fully saturated rings. The number of Topliss-reactive ketones (excluding diaryl/α,β-unsaturated/α-hetero) is 1. The van der Waals surface area contributed by atoms with E-state index in [0.717, 1.165) is 19.1 Å². The van der Waals surface area contributed by atoms with Gasteiger partial charge in [0.05, 0.1) is 11.1 Å². The molecule has 0 saturated heterocycles. The monoisotopic (exact) mass is 337 g/mol. The van der Waals surface area contributed by atoms with E-state index in [2.05, 4.69) is 6.58 Å². The molecule has 24 heavy (non-hydrogen) atoms. The van der Waals surface area contributed by atoms with Crippen LogP contribution in [-0.2, 0) is 14.3 Å². The van der Waals surface area contributed by atoms with Crippen LogP contribution in [0.3, 0.4) is 0 Å². The van der Waals surface area contributed by atoms with Crippen LogP contribution in [0.1, 0.15) is 27.6 Å². The topological polar surface area (TPSA) is 80.8 Å². The average molecular weight is 337 g/mol. The van der Waals surface area contributed by atoms with Gasteiger partial charge in [-0.2, -0.15) is 0 Å². The first-order valence-corrected chi connectivity index (χ1v) is 6.91. The molecule has 0 N–H and O–H groups in total. The summed E-state index contributed by atoms with van der Waals surface area (Å²) < 4.78 is 32.3. The first kappa shape index (κ1) is 17.5. The first-order chi connectivity index (χ1) is 11.3. The fourth-order valence-electron chi connectivity index (χ4n) is 2.29. The molecule has 0 bridgehead atoms. The van der Waals surface area contributed by atoms with Crippen molar-refractivity contribution in [2.45, 2.75) is 6.92 Å². The van der Waals surface area contributed by atoms with Crippen LogP contribution in [-0.4, -0.2) is 41.6 Å². The predicted molar refractivity (Wildman–Crippen MR) is 77.1 cm³/mol. The van der Waals surface area contributed by atoms with Crippen molar-refractivity contribution in [2.24, 2.45) is 5.92 Å². The molecule has 0 saturated carbocycles. The number of carbonyl (C=O) groups is 4. The molecule has 8 heteroatoms. The van der Waals surface area contributed by atoms with Crippen molar-refractivity contribution in [1.82, 2.24) is 4.90 Å². The Balaban J connectivity index is 2.32. The quantitative estimate of drug-likeness (QED) is 0.340. The Bertz CT molecular complexity index is 718. The first-order valence-electron chi connectivity index (χ1n) is 6.91. The Morgan fingerprint density at radius 1 is 1.21 bits per heavy atom. The number of fused-ring (bicyclic) bond motifs is 1. The number of benzene rings is 1. The highest BCUT2D eigenvalue weighted by Gasteiger charge is 2.43. The van der Waals surface area contributed by atoms with Gasteiger partial charge < -0.3 is 4.74 Å². The minimum Gasteiger partial charge on any atom is -0.461 e. The van der Waals surface area contributed by atoms with E-state index in [4.69, 9.17) is 4.74 Å². The number of hydrogen-bond donors (Lipinski definition) is 0. The molecule has 1 aliphatic rings. The molecule has 1 atom stereocenters. The minimum atomic E-state index is -1.45. The zero-order chi connectivity index (χ0) is 18.0. The summed E-state index contributed by atoms with van der Waals surface area (Å²) in [6.07, 6.45) is 1.28. The average Bonchev–Trinajstić information content (AvgIpc) is 2.78. The second kappa shape index (κ2) is 6.69. The number of ether oxygens (including phenoxy) is 1. The smallest absolute Gasteiger partial charge is 0.318 e. The van der Waals surface area contributed by atoms with Gasteiger partial charge in [0.2, 0.25) is 0 Å². The van der Waals surface area contributed by atoms with E-state index < -0.39 is 58.8 Å². The molecule has 126 valence electrons. The van der Waals surface area contributed by atoms with E-state index in [-0.39, 0.29) is 6.61 Å². The number of amides is 2. The van der Waals surface area contributed by atoms with Gasteiger partial charge in [-0.25, -0.2) is 8.78 Å². The normalized spacial score (nSPS) is 14.4. The number of hydrogen-bond acceptors (Lipinski definition) is 5. The molecule has 0 aromatic heterocycles. The van der Waals surface area contributed by atoms with Crippen LogP contribution < -0.4 is 0 Å². The van der Waals surface area contributed by atoms with Crippen LogP contribution in [0.25, 0.3) is 0 Å². The fourth-order valence-corrected chi connectivity index (χ4v) is 2.29. The molecule has 2 amide bonds. The Kier molecular flexibility index (Phi) is 4.87. The molecular weight excluding hydrogens is 324 g/mol. The van der Waals surface area contributed by atoms with E-state index in [1.54, 1.807) is 0 Å². The van der Waals surface area contributed by atoms with Crippen LogP contribution in [0, 0.1) is 17.6 Å². The largest absolute Gasteiger partial charge is 0.461 e. The molecule has 0 spiro atoms. The Labute approximate surface area is 135 Å². The number of imide groups is 1. The van der Waals surface area contributed by atoms with Crippen molar-refractivity contribution in [3.8, 4) is 0 Å². The lowest BCUT2D eigenvalue weighted by Crippen LogP contribution is -2.40. The maximum Gasteiger partial charge on any atom is 0.318 e. The van der Waals surface area contributed by atoms with E-state index >= 15 is 0 Å². The van der Waals surface area contributed by atoms with Gasteiger partial charge in [-0.05, 0) is 19.1 Å². The number of ketones is 1. The van der Waals surface area contributed by atoms with Crippen molar-refractivity contribution >= 4 is 23.6 Å².